The molecule has 0 spiro atoms. The molecule has 0 heterocycles. The predicted molar refractivity (Wildman–Crippen MR) is 81.7 cm³/mol. The molecule has 21 heavy (non-hydrogen) atoms. The zero-order valence-electron chi connectivity index (χ0n) is 13.0. The molecule has 0 radical (unpaired) electrons. The summed E-state index contributed by atoms with van der Waals surface area (Å²) in [6.07, 6.45) is 0.720. The van der Waals surface area contributed by atoms with Gasteiger partial charge in [0.15, 0.2) is 0 Å². The molecular formula is C16H24N2O3. The third kappa shape index (κ3) is 6.40. The number of ether oxygens (including phenoxy) is 1. The number of carbonyl (C=O) groups is 2. The normalized spacial score (nSPS) is 11.8. The molecule has 1 atom stereocenters. The van der Waals surface area contributed by atoms with E-state index in [0.717, 1.165) is 12.0 Å². The predicted octanol–water partition coefficient (Wildman–Crippen LogP) is 1.75. The maximum Gasteiger partial charge on any atom is 0.240 e. The molecule has 1 N–H and O–H groups in total. The Morgan fingerprint density at radius 1 is 1.29 bits per heavy atom. The van der Waals surface area contributed by atoms with Crippen molar-refractivity contribution in [3.05, 3.63) is 35.9 Å². The van der Waals surface area contributed by atoms with Crippen molar-refractivity contribution < 1.29 is 14.3 Å². The largest absolute Gasteiger partial charge is 0.385 e. The van der Waals surface area contributed by atoms with Gasteiger partial charge >= 0.3 is 0 Å². The topological polar surface area (TPSA) is 58.6 Å². The molecule has 0 aromatic heterocycles. The van der Waals surface area contributed by atoms with Crippen LogP contribution in [0.25, 0.3) is 0 Å². The lowest BCUT2D eigenvalue weighted by Gasteiger charge is -2.22. The number of benzene rings is 1. The maximum atomic E-state index is 12.0. The lowest BCUT2D eigenvalue weighted by Crippen LogP contribution is -2.41. The van der Waals surface area contributed by atoms with E-state index in [1.165, 1.54) is 11.8 Å². The number of amides is 2. The van der Waals surface area contributed by atoms with Crippen LogP contribution in [0.3, 0.4) is 0 Å². The Bertz CT molecular complexity index is 448. The molecule has 0 bridgehead atoms. The summed E-state index contributed by atoms with van der Waals surface area (Å²) in [6.45, 7) is 4.58. The number of hydrogen-bond acceptors (Lipinski definition) is 3. The third-order valence-electron chi connectivity index (χ3n) is 3.23. The minimum Gasteiger partial charge on any atom is -0.385 e. The van der Waals surface area contributed by atoms with E-state index in [1.54, 1.807) is 7.11 Å². The first-order valence-electron chi connectivity index (χ1n) is 7.13. The molecule has 5 heteroatoms. The zero-order valence-corrected chi connectivity index (χ0v) is 13.0. The Hall–Kier alpha value is -1.88. The van der Waals surface area contributed by atoms with E-state index in [1.807, 2.05) is 37.3 Å². The van der Waals surface area contributed by atoms with Gasteiger partial charge in [-0.05, 0) is 18.9 Å². The number of hydrogen-bond donors (Lipinski definition) is 1. The van der Waals surface area contributed by atoms with E-state index in [4.69, 9.17) is 4.74 Å². The van der Waals surface area contributed by atoms with E-state index >= 15 is 0 Å². The minimum absolute atomic E-state index is 0.0773. The minimum atomic E-state index is -0.154. The molecule has 0 aliphatic heterocycles. The van der Waals surface area contributed by atoms with E-state index in [2.05, 4.69) is 5.32 Å². The van der Waals surface area contributed by atoms with Crippen LogP contribution in [0.4, 0.5) is 0 Å². The van der Waals surface area contributed by atoms with Crippen molar-refractivity contribution in [2.75, 3.05) is 26.8 Å². The summed E-state index contributed by atoms with van der Waals surface area (Å²) in [6, 6.07) is 9.66. The van der Waals surface area contributed by atoms with E-state index in [-0.39, 0.29) is 24.4 Å². The second kappa shape index (κ2) is 9.13. The number of nitrogens with one attached hydrogen (secondary N) is 1. The van der Waals surface area contributed by atoms with Crippen LogP contribution < -0.4 is 5.32 Å². The Kier molecular flexibility index (Phi) is 7.46. The quantitative estimate of drug-likeness (QED) is 0.743. The van der Waals surface area contributed by atoms with Crippen LogP contribution in [0.15, 0.2) is 30.3 Å². The van der Waals surface area contributed by atoms with Gasteiger partial charge in [-0.1, -0.05) is 30.3 Å². The molecule has 0 fully saturated rings. The van der Waals surface area contributed by atoms with E-state index in [0.29, 0.717) is 13.2 Å². The van der Waals surface area contributed by atoms with Crippen LogP contribution in [0.2, 0.25) is 0 Å². The molecule has 1 aromatic rings. The van der Waals surface area contributed by atoms with E-state index < -0.39 is 0 Å². The lowest BCUT2D eigenvalue weighted by molar-refractivity contribution is -0.134. The summed E-state index contributed by atoms with van der Waals surface area (Å²) >= 11 is 0. The number of methoxy groups -OCH3 is 1. The molecule has 1 aromatic carbocycles. The fraction of sp³-hybridized carbons (Fsp3) is 0.500. The highest BCUT2D eigenvalue weighted by atomic mass is 16.5. The van der Waals surface area contributed by atoms with Crippen LogP contribution >= 0.6 is 0 Å². The monoisotopic (exact) mass is 292 g/mol. The fourth-order valence-corrected chi connectivity index (χ4v) is 2.03. The molecule has 2 amide bonds. The van der Waals surface area contributed by atoms with Crippen LogP contribution in [-0.2, 0) is 14.3 Å². The van der Waals surface area contributed by atoms with Gasteiger partial charge in [0, 0.05) is 27.2 Å². The second-order valence-corrected chi connectivity index (χ2v) is 4.99. The second-order valence-electron chi connectivity index (χ2n) is 4.99. The first kappa shape index (κ1) is 17.2. The lowest BCUT2D eigenvalue weighted by atomic mass is 10.1. The van der Waals surface area contributed by atoms with Gasteiger partial charge in [-0.2, -0.15) is 0 Å². The van der Waals surface area contributed by atoms with Gasteiger partial charge in [-0.3, -0.25) is 9.59 Å². The van der Waals surface area contributed by atoms with Crippen molar-refractivity contribution in [1.29, 1.82) is 0 Å². The van der Waals surface area contributed by atoms with Gasteiger partial charge in [-0.25, -0.2) is 0 Å². The Labute approximate surface area is 126 Å². The molecular weight excluding hydrogens is 268 g/mol. The molecule has 116 valence electrons. The van der Waals surface area contributed by atoms with Gasteiger partial charge in [0.05, 0.1) is 12.6 Å². The average Bonchev–Trinajstić information content (AvgIpc) is 2.47. The summed E-state index contributed by atoms with van der Waals surface area (Å²) in [5, 5.41) is 2.91. The first-order chi connectivity index (χ1) is 10.0. The van der Waals surface area contributed by atoms with Crippen LogP contribution in [0.1, 0.15) is 31.9 Å². The van der Waals surface area contributed by atoms with Crippen LogP contribution in [0, 0.1) is 0 Å². The van der Waals surface area contributed by atoms with Crippen molar-refractivity contribution in [1.82, 2.24) is 10.2 Å². The Morgan fingerprint density at radius 3 is 2.52 bits per heavy atom. The number of carbonyl (C=O) groups excluding carboxylic acids is 2. The van der Waals surface area contributed by atoms with Crippen molar-refractivity contribution >= 4 is 11.8 Å². The van der Waals surface area contributed by atoms with Gasteiger partial charge in [-0.15, -0.1) is 0 Å². The zero-order chi connectivity index (χ0) is 15.7. The Morgan fingerprint density at radius 2 is 1.95 bits per heavy atom. The van der Waals surface area contributed by atoms with Gasteiger partial charge in [0.2, 0.25) is 11.8 Å². The van der Waals surface area contributed by atoms with Crippen molar-refractivity contribution in [3.8, 4) is 0 Å². The Balaban J connectivity index is 2.48. The van der Waals surface area contributed by atoms with Crippen LogP contribution in [-0.4, -0.2) is 43.5 Å². The fourth-order valence-electron chi connectivity index (χ4n) is 2.03. The summed E-state index contributed by atoms with van der Waals surface area (Å²) in [4.78, 5) is 25.1. The molecule has 1 unspecified atom stereocenters. The standard InChI is InChI=1S/C16H24N2O3/c1-13(15-8-5-4-6-9-15)17-16(20)12-18(14(2)19)10-7-11-21-3/h4-6,8-9,13H,7,10-12H2,1-3H3,(H,17,20). The van der Waals surface area contributed by atoms with Crippen LogP contribution in [0.5, 0.6) is 0 Å². The van der Waals surface area contributed by atoms with Crippen molar-refractivity contribution in [2.24, 2.45) is 0 Å². The smallest absolute Gasteiger partial charge is 0.240 e. The van der Waals surface area contributed by atoms with Crippen molar-refractivity contribution in [2.45, 2.75) is 26.3 Å². The van der Waals surface area contributed by atoms with E-state index in [9.17, 15) is 9.59 Å². The van der Waals surface area contributed by atoms with Gasteiger partial charge < -0.3 is 15.0 Å². The van der Waals surface area contributed by atoms with Gasteiger partial charge in [0.1, 0.15) is 0 Å². The SMILES string of the molecule is COCCCN(CC(=O)NC(C)c1ccccc1)C(C)=O. The van der Waals surface area contributed by atoms with Gasteiger partial charge in [0.25, 0.3) is 0 Å². The maximum absolute atomic E-state index is 12.0. The number of nitrogens with zero attached hydrogens (tertiary/aromatic N) is 1. The molecule has 1 rings (SSSR count). The average molecular weight is 292 g/mol. The molecule has 5 nitrogen and oxygen atoms in total. The first-order valence-corrected chi connectivity index (χ1v) is 7.13. The molecule has 0 saturated heterocycles. The summed E-state index contributed by atoms with van der Waals surface area (Å²) < 4.78 is 4.96. The summed E-state index contributed by atoms with van der Waals surface area (Å²) in [5.74, 6) is -0.257. The highest BCUT2D eigenvalue weighted by Crippen LogP contribution is 2.10. The number of rotatable bonds is 8. The molecule has 0 aliphatic carbocycles. The highest BCUT2D eigenvalue weighted by molar-refractivity contribution is 5.84. The molecule has 0 aliphatic rings. The van der Waals surface area contributed by atoms with Crippen molar-refractivity contribution in [3.63, 3.8) is 0 Å². The summed E-state index contributed by atoms with van der Waals surface area (Å²) in [7, 11) is 1.62. The summed E-state index contributed by atoms with van der Waals surface area (Å²) in [5.41, 5.74) is 1.04. The highest BCUT2D eigenvalue weighted by Gasteiger charge is 2.15. The third-order valence-corrected chi connectivity index (χ3v) is 3.23. The molecule has 0 saturated carbocycles.